The minimum absolute atomic E-state index is 0.0398. The Morgan fingerprint density at radius 3 is 2.48 bits per heavy atom. The molecular weight excluding hydrogens is 262 g/mol. The van der Waals surface area contributed by atoms with Gasteiger partial charge in [0.1, 0.15) is 6.23 Å². The van der Waals surface area contributed by atoms with Crippen LogP contribution in [0, 0.1) is 0 Å². The molecule has 2 heterocycles. The van der Waals surface area contributed by atoms with Crippen molar-refractivity contribution < 1.29 is 9.53 Å². The van der Waals surface area contributed by atoms with Gasteiger partial charge in [-0.05, 0) is 16.7 Å². The predicted molar refractivity (Wildman–Crippen MR) is 79.6 cm³/mol. The first-order valence-electron chi connectivity index (χ1n) is 7.37. The molecule has 106 valence electrons. The smallest absolute Gasteiger partial charge is 0.229 e. The summed E-state index contributed by atoms with van der Waals surface area (Å²) in [5.41, 5.74) is 3.51. The van der Waals surface area contributed by atoms with Crippen LogP contribution in [0.2, 0.25) is 0 Å². The van der Waals surface area contributed by atoms with E-state index < -0.39 is 0 Å². The van der Waals surface area contributed by atoms with E-state index in [-0.39, 0.29) is 18.2 Å². The lowest BCUT2D eigenvalue weighted by molar-refractivity contribution is -0.136. The first kappa shape index (κ1) is 12.6. The monoisotopic (exact) mass is 279 g/mol. The second-order valence-electron chi connectivity index (χ2n) is 5.67. The van der Waals surface area contributed by atoms with E-state index in [1.54, 1.807) is 0 Å². The van der Waals surface area contributed by atoms with E-state index in [0.29, 0.717) is 13.0 Å². The molecule has 0 unspecified atom stereocenters. The van der Waals surface area contributed by atoms with Gasteiger partial charge >= 0.3 is 0 Å². The zero-order valence-corrected chi connectivity index (χ0v) is 11.7. The molecule has 0 N–H and O–H groups in total. The highest BCUT2D eigenvalue weighted by Crippen LogP contribution is 2.34. The number of amides is 1. The van der Waals surface area contributed by atoms with Crippen LogP contribution in [-0.2, 0) is 22.4 Å². The van der Waals surface area contributed by atoms with E-state index >= 15 is 0 Å². The van der Waals surface area contributed by atoms with E-state index in [1.165, 1.54) is 5.56 Å². The lowest BCUT2D eigenvalue weighted by Crippen LogP contribution is -2.38. The highest BCUT2D eigenvalue weighted by Gasteiger charge is 2.40. The van der Waals surface area contributed by atoms with Crippen molar-refractivity contribution in [2.45, 2.75) is 25.1 Å². The number of hydrogen-bond donors (Lipinski definition) is 0. The Morgan fingerprint density at radius 1 is 0.952 bits per heavy atom. The molecule has 21 heavy (non-hydrogen) atoms. The largest absolute Gasteiger partial charge is 0.355 e. The van der Waals surface area contributed by atoms with Gasteiger partial charge < -0.3 is 9.64 Å². The van der Waals surface area contributed by atoms with E-state index in [0.717, 1.165) is 17.5 Å². The van der Waals surface area contributed by atoms with Crippen LogP contribution in [0.4, 0.5) is 0 Å². The van der Waals surface area contributed by atoms with Crippen molar-refractivity contribution in [3.8, 4) is 0 Å². The molecule has 0 saturated carbocycles. The van der Waals surface area contributed by atoms with Crippen LogP contribution in [0.15, 0.2) is 54.6 Å². The van der Waals surface area contributed by atoms with Crippen LogP contribution in [-0.4, -0.2) is 23.6 Å². The molecule has 1 amide bonds. The van der Waals surface area contributed by atoms with Gasteiger partial charge in [0.15, 0.2) is 0 Å². The van der Waals surface area contributed by atoms with Crippen molar-refractivity contribution in [3.63, 3.8) is 0 Å². The average Bonchev–Trinajstić information content (AvgIpc) is 2.88. The summed E-state index contributed by atoms with van der Waals surface area (Å²) in [4.78, 5) is 14.6. The topological polar surface area (TPSA) is 29.5 Å². The van der Waals surface area contributed by atoms with Crippen molar-refractivity contribution in [1.82, 2.24) is 4.90 Å². The Morgan fingerprint density at radius 2 is 1.67 bits per heavy atom. The standard InChI is InChI=1S/C18H17NO2/c20-17-10-14-8-4-5-9-15(14)11-18-19(17)16(12-21-18)13-6-2-1-3-7-13/h1-9,16,18H,10-12H2/t16-,18-/m0/s1. The minimum Gasteiger partial charge on any atom is -0.355 e. The fourth-order valence-corrected chi connectivity index (χ4v) is 3.36. The summed E-state index contributed by atoms with van der Waals surface area (Å²) in [6.45, 7) is 0.586. The van der Waals surface area contributed by atoms with Crippen LogP contribution in [0.5, 0.6) is 0 Å². The number of carbonyl (C=O) groups is 1. The molecule has 0 aliphatic carbocycles. The maximum Gasteiger partial charge on any atom is 0.229 e. The van der Waals surface area contributed by atoms with E-state index in [2.05, 4.69) is 18.2 Å². The van der Waals surface area contributed by atoms with Crippen molar-refractivity contribution in [2.24, 2.45) is 0 Å². The number of rotatable bonds is 1. The van der Waals surface area contributed by atoms with Crippen molar-refractivity contribution in [3.05, 3.63) is 71.3 Å². The Bertz CT molecular complexity index is 668. The van der Waals surface area contributed by atoms with Gasteiger partial charge in [-0.1, -0.05) is 54.6 Å². The zero-order chi connectivity index (χ0) is 14.2. The van der Waals surface area contributed by atoms with Crippen LogP contribution in [0.25, 0.3) is 0 Å². The lowest BCUT2D eigenvalue weighted by Gasteiger charge is -2.26. The van der Waals surface area contributed by atoms with Gasteiger partial charge in [-0.25, -0.2) is 0 Å². The third-order valence-electron chi connectivity index (χ3n) is 4.42. The fraction of sp³-hybridized carbons (Fsp3) is 0.278. The normalized spacial score (nSPS) is 24.4. The third-order valence-corrected chi connectivity index (χ3v) is 4.42. The van der Waals surface area contributed by atoms with Crippen LogP contribution in [0.3, 0.4) is 0 Å². The molecule has 2 aliphatic rings. The molecule has 3 nitrogen and oxygen atoms in total. The molecule has 2 aromatic carbocycles. The van der Waals surface area contributed by atoms with Gasteiger partial charge in [0, 0.05) is 6.42 Å². The first-order valence-corrected chi connectivity index (χ1v) is 7.37. The Hall–Kier alpha value is -2.13. The number of benzene rings is 2. The van der Waals surface area contributed by atoms with Gasteiger partial charge in [-0.15, -0.1) is 0 Å². The van der Waals surface area contributed by atoms with E-state index in [9.17, 15) is 4.79 Å². The van der Waals surface area contributed by atoms with Gasteiger partial charge in [0.05, 0.1) is 19.1 Å². The summed E-state index contributed by atoms with van der Waals surface area (Å²) in [7, 11) is 0. The van der Waals surface area contributed by atoms with Crippen LogP contribution < -0.4 is 0 Å². The molecular formula is C18H17NO2. The molecule has 1 fully saturated rings. The van der Waals surface area contributed by atoms with Gasteiger partial charge in [-0.3, -0.25) is 4.79 Å². The quantitative estimate of drug-likeness (QED) is 0.803. The molecule has 0 spiro atoms. The first-order chi connectivity index (χ1) is 10.3. The summed E-state index contributed by atoms with van der Waals surface area (Å²) in [6, 6.07) is 18.4. The molecule has 1 saturated heterocycles. The third kappa shape index (κ3) is 2.14. The molecule has 0 aromatic heterocycles. The Kier molecular flexibility index (Phi) is 3.00. The van der Waals surface area contributed by atoms with E-state index in [4.69, 9.17) is 4.74 Å². The highest BCUT2D eigenvalue weighted by atomic mass is 16.5. The van der Waals surface area contributed by atoms with Gasteiger partial charge in [0.25, 0.3) is 0 Å². The second-order valence-corrected chi connectivity index (χ2v) is 5.67. The summed E-state index contributed by atoms with van der Waals surface area (Å²) in [5, 5.41) is 0. The molecule has 3 heteroatoms. The lowest BCUT2D eigenvalue weighted by atomic mass is 10.0. The summed E-state index contributed by atoms with van der Waals surface area (Å²) < 4.78 is 5.94. The second kappa shape index (κ2) is 5.01. The van der Waals surface area contributed by atoms with E-state index in [1.807, 2.05) is 41.3 Å². The van der Waals surface area contributed by atoms with Crippen molar-refractivity contribution in [1.29, 1.82) is 0 Å². The Labute approximate surface area is 124 Å². The molecule has 4 rings (SSSR count). The van der Waals surface area contributed by atoms with Crippen molar-refractivity contribution in [2.75, 3.05) is 6.61 Å². The zero-order valence-electron chi connectivity index (χ0n) is 11.7. The maximum atomic E-state index is 12.7. The summed E-state index contributed by atoms with van der Waals surface area (Å²) in [5.74, 6) is 0.163. The van der Waals surface area contributed by atoms with Crippen molar-refractivity contribution >= 4 is 5.91 Å². The summed E-state index contributed by atoms with van der Waals surface area (Å²) in [6.07, 6.45) is 1.12. The number of carbonyl (C=O) groups excluding carboxylic acids is 1. The minimum atomic E-state index is -0.133. The SMILES string of the molecule is O=C1Cc2ccccc2C[C@@H]2OC[C@@H](c3ccccc3)N12. The molecule has 2 aliphatic heterocycles. The molecule has 2 atom stereocenters. The molecule has 0 bridgehead atoms. The number of fused-ring (bicyclic) bond motifs is 2. The van der Waals surface area contributed by atoms with Crippen LogP contribution >= 0.6 is 0 Å². The van der Waals surface area contributed by atoms with Gasteiger partial charge in [-0.2, -0.15) is 0 Å². The Balaban J connectivity index is 1.70. The maximum absolute atomic E-state index is 12.7. The average molecular weight is 279 g/mol. The fourth-order valence-electron chi connectivity index (χ4n) is 3.36. The summed E-state index contributed by atoms with van der Waals surface area (Å²) >= 11 is 0. The molecule has 2 aromatic rings. The number of nitrogens with zero attached hydrogens (tertiary/aromatic N) is 1. The number of hydrogen-bond acceptors (Lipinski definition) is 2. The van der Waals surface area contributed by atoms with Gasteiger partial charge in [0.2, 0.25) is 5.91 Å². The van der Waals surface area contributed by atoms with Crippen LogP contribution in [0.1, 0.15) is 22.7 Å². The highest BCUT2D eigenvalue weighted by molar-refractivity contribution is 5.81. The molecule has 0 radical (unpaired) electrons. The number of ether oxygens (including phenoxy) is 1. The predicted octanol–water partition coefficient (Wildman–Crippen LogP) is 2.71.